The fourth-order valence-electron chi connectivity index (χ4n) is 4.73. The Hall–Kier alpha value is -1.95. The molecule has 0 radical (unpaired) electrons. The van der Waals surface area contributed by atoms with Crippen LogP contribution < -0.4 is 0 Å². The molecule has 4 heterocycles. The first kappa shape index (κ1) is 18.4. The Balaban J connectivity index is 1.32. The number of nitrogens with zero attached hydrogens (tertiary/aromatic N) is 5. The normalized spacial score (nSPS) is 22.6. The van der Waals surface area contributed by atoms with E-state index in [4.69, 9.17) is 0 Å². The van der Waals surface area contributed by atoms with Gasteiger partial charge >= 0.3 is 0 Å². The highest BCUT2D eigenvalue weighted by atomic mass is 16.2. The van der Waals surface area contributed by atoms with Crippen LogP contribution in [0.4, 0.5) is 0 Å². The third-order valence-corrected chi connectivity index (χ3v) is 5.96. The van der Waals surface area contributed by atoms with Gasteiger partial charge in [0, 0.05) is 44.6 Å². The Morgan fingerprint density at radius 1 is 1.15 bits per heavy atom. The van der Waals surface area contributed by atoms with Gasteiger partial charge in [-0.3, -0.25) is 4.79 Å². The summed E-state index contributed by atoms with van der Waals surface area (Å²) in [6.45, 7) is 12.3. The van der Waals surface area contributed by atoms with Gasteiger partial charge in [-0.1, -0.05) is 20.8 Å². The molecule has 0 bridgehead atoms. The van der Waals surface area contributed by atoms with E-state index in [1.54, 1.807) is 16.8 Å². The molecule has 146 valence electrons. The lowest BCUT2D eigenvalue weighted by Gasteiger charge is -2.35. The highest BCUT2D eigenvalue weighted by molar-refractivity contribution is 5.93. The Kier molecular flexibility index (Phi) is 4.93. The number of carbonyl (C=O) groups excluding carboxylic acids is 1. The minimum atomic E-state index is 0.0414. The van der Waals surface area contributed by atoms with E-state index in [1.807, 2.05) is 17.2 Å². The summed E-state index contributed by atoms with van der Waals surface area (Å²) in [7, 11) is 0. The number of likely N-dealkylation sites (tertiary alicyclic amines) is 2. The summed E-state index contributed by atoms with van der Waals surface area (Å²) < 4.78 is 1.67. The molecule has 2 aromatic rings. The van der Waals surface area contributed by atoms with Gasteiger partial charge in [-0.15, -0.1) is 0 Å². The summed E-state index contributed by atoms with van der Waals surface area (Å²) in [5.74, 6) is 1.59. The van der Waals surface area contributed by atoms with Gasteiger partial charge in [0.1, 0.15) is 0 Å². The second-order valence-corrected chi connectivity index (χ2v) is 9.43. The zero-order valence-corrected chi connectivity index (χ0v) is 16.8. The number of piperidine rings is 1. The van der Waals surface area contributed by atoms with Crippen molar-refractivity contribution >= 4 is 11.6 Å². The van der Waals surface area contributed by atoms with Crippen LogP contribution in [-0.4, -0.2) is 63.0 Å². The zero-order chi connectivity index (χ0) is 19.0. The van der Waals surface area contributed by atoms with Crippen molar-refractivity contribution in [1.82, 2.24) is 24.4 Å². The summed E-state index contributed by atoms with van der Waals surface area (Å²) >= 11 is 0. The van der Waals surface area contributed by atoms with Crippen molar-refractivity contribution in [2.75, 3.05) is 32.7 Å². The molecule has 1 atom stereocenters. The number of amides is 1. The molecule has 0 spiro atoms. The maximum atomic E-state index is 12.8. The average Bonchev–Trinajstić information content (AvgIpc) is 3.26. The molecule has 6 heteroatoms. The molecule has 2 aliphatic rings. The predicted octanol–water partition coefficient (Wildman–Crippen LogP) is 2.95. The Labute approximate surface area is 161 Å². The minimum Gasteiger partial charge on any atom is -0.337 e. The minimum absolute atomic E-state index is 0.0414. The van der Waals surface area contributed by atoms with Gasteiger partial charge < -0.3 is 9.80 Å². The van der Waals surface area contributed by atoms with Crippen LogP contribution in [0, 0.1) is 17.3 Å². The molecule has 0 aromatic carbocycles. The summed E-state index contributed by atoms with van der Waals surface area (Å²) in [5, 5.41) is 4.38. The molecule has 0 saturated carbocycles. The molecule has 4 rings (SSSR count). The number of rotatable bonds is 3. The first-order chi connectivity index (χ1) is 12.9. The molecule has 2 aliphatic heterocycles. The van der Waals surface area contributed by atoms with E-state index < -0.39 is 0 Å². The van der Waals surface area contributed by atoms with E-state index in [1.165, 1.54) is 26.1 Å². The topological polar surface area (TPSA) is 53.7 Å². The number of hydrogen-bond acceptors (Lipinski definition) is 4. The van der Waals surface area contributed by atoms with Gasteiger partial charge in [0.25, 0.3) is 5.91 Å². The van der Waals surface area contributed by atoms with Gasteiger partial charge in [-0.05, 0) is 49.1 Å². The lowest BCUT2D eigenvalue weighted by atomic mass is 9.83. The third-order valence-electron chi connectivity index (χ3n) is 5.96. The number of hydrogen-bond donors (Lipinski definition) is 0. The standard InChI is InChI=1S/C21H31N5O/c1-21(2,3)15-24-10-5-17(14-24)16-6-11-25(12-7-16)20(27)18-13-19-22-8-4-9-26(19)23-18/h4,8-9,13,16-17H,5-7,10-12,14-15H2,1-3H3/t17-/m0/s1. The van der Waals surface area contributed by atoms with Crippen LogP contribution in [0.5, 0.6) is 0 Å². The number of fused-ring (bicyclic) bond motifs is 1. The molecular weight excluding hydrogens is 338 g/mol. The highest BCUT2D eigenvalue weighted by Gasteiger charge is 2.34. The smallest absolute Gasteiger partial charge is 0.274 e. The van der Waals surface area contributed by atoms with Crippen LogP contribution in [0.25, 0.3) is 5.65 Å². The molecule has 6 nitrogen and oxygen atoms in total. The van der Waals surface area contributed by atoms with Crippen LogP contribution >= 0.6 is 0 Å². The lowest BCUT2D eigenvalue weighted by molar-refractivity contribution is 0.0651. The summed E-state index contributed by atoms with van der Waals surface area (Å²) in [5.41, 5.74) is 1.60. The number of aromatic nitrogens is 3. The number of carbonyl (C=O) groups is 1. The van der Waals surface area contributed by atoms with Gasteiger partial charge in [0.2, 0.25) is 0 Å². The molecular formula is C21H31N5O. The van der Waals surface area contributed by atoms with Gasteiger partial charge in [-0.25, -0.2) is 9.50 Å². The van der Waals surface area contributed by atoms with Crippen molar-refractivity contribution in [1.29, 1.82) is 0 Å². The molecule has 0 N–H and O–H groups in total. The summed E-state index contributed by atoms with van der Waals surface area (Å²) in [6, 6.07) is 3.61. The average molecular weight is 370 g/mol. The van der Waals surface area contributed by atoms with E-state index in [2.05, 4.69) is 35.8 Å². The molecule has 27 heavy (non-hydrogen) atoms. The van der Waals surface area contributed by atoms with Gasteiger partial charge in [-0.2, -0.15) is 5.10 Å². The molecule has 1 amide bonds. The van der Waals surface area contributed by atoms with Crippen LogP contribution in [0.1, 0.15) is 50.5 Å². The third kappa shape index (κ3) is 4.15. The highest BCUT2D eigenvalue weighted by Crippen LogP contribution is 2.33. The fraction of sp³-hybridized carbons (Fsp3) is 0.667. The maximum absolute atomic E-state index is 12.8. The second kappa shape index (κ2) is 7.23. The van der Waals surface area contributed by atoms with E-state index in [-0.39, 0.29) is 5.91 Å². The molecule has 2 fully saturated rings. The van der Waals surface area contributed by atoms with Gasteiger partial charge in [0.15, 0.2) is 11.3 Å². The van der Waals surface area contributed by atoms with Crippen molar-refractivity contribution in [3.63, 3.8) is 0 Å². The van der Waals surface area contributed by atoms with E-state index in [0.717, 1.165) is 43.4 Å². The van der Waals surface area contributed by atoms with Crippen molar-refractivity contribution in [3.8, 4) is 0 Å². The SMILES string of the molecule is CC(C)(C)CN1CC[C@H](C2CCN(C(=O)c3cc4ncccn4n3)CC2)C1. The van der Waals surface area contributed by atoms with Crippen molar-refractivity contribution in [3.05, 3.63) is 30.2 Å². The Morgan fingerprint density at radius 3 is 2.59 bits per heavy atom. The van der Waals surface area contributed by atoms with Crippen molar-refractivity contribution in [2.24, 2.45) is 17.3 Å². The van der Waals surface area contributed by atoms with Gasteiger partial charge in [0.05, 0.1) is 0 Å². The Morgan fingerprint density at radius 2 is 1.89 bits per heavy atom. The van der Waals surface area contributed by atoms with Crippen LogP contribution in [0.2, 0.25) is 0 Å². The summed E-state index contributed by atoms with van der Waals surface area (Å²) in [6.07, 6.45) is 7.10. The van der Waals surface area contributed by atoms with Crippen LogP contribution in [0.3, 0.4) is 0 Å². The van der Waals surface area contributed by atoms with Crippen LogP contribution in [-0.2, 0) is 0 Å². The first-order valence-electron chi connectivity index (χ1n) is 10.2. The second-order valence-electron chi connectivity index (χ2n) is 9.43. The zero-order valence-electron chi connectivity index (χ0n) is 16.8. The largest absolute Gasteiger partial charge is 0.337 e. The van der Waals surface area contributed by atoms with E-state index in [9.17, 15) is 4.79 Å². The Bertz CT molecular complexity index is 767. The first-order valence-corrected chi connectivity index (χ1v) is 10.2. The maximum Gasteiger partial charge on any atom is 0.274 e. The monoisotopic (exact) mass is 369 g/mol. The molecule has 0 aliphatic carbocycles. The van der Waals surface area contributed by atoms with E-state index in [0.29, 0.717) is 11.1 Å². The fourth-order valence-corrected chi connectivity index (χ4v) is 4.73. The van der Waals surface area contributed by atoms with E-state index >= 15 is 0 Å². The quantitative estimate of drug-likeness (QED) is 0.835. The molecule has 2 saturated heterocycles. The molecule has 2 aromatic heterocycles. The van der Waals surface area contributed by atoms with Crippen LogP contribution in [0.15, 0.2) is 24.5 Å². The van der Waals surface area contributed by atoms with Crippen molar-refractivity contribution < 1.29 is 4.79 Å². The summed E-state index contributed by atoms with van der Waals surface area (Å²) in [4.78, 5) is 21.7. The molecule has 0 unspecified atom stereocenters. The van der Waals surface area contributed by atoms with Crippen molar-refractivity contribution in [2.45, 2.75) is 40.0 Å². The lowest BCUT2D eigenvalue weighted by Crippen LogP contribution is -2.41. The predicted molar refractivity (Wildman–Crippen MR) is 106 cm³/mol.